The molecule has 1 aromatic carbocycles. The zero-order valence-corrected chi connectivity index (χ0v) is 16.8. The Hall–Kier alpha value is -1.93. The zero-order chi connectivity index (χ0) is 19.9. The molecule has 0 unspecified atom stereocenters. The summed E-state index contributed by atoms with van der Waals surface area (Å²) in [6.45, 7) is 8.86. The van der Waals surface area contributed by atoms with Crippen molar-refractivity contribution in [2.45, 2.75) is 32.6 Å². The SMILES string of the molecule is CNS(=O)(=O)c1cccc(C(=O)OCC(=O)N(CC(C)C)CC(C)C)c1. The molecule has 0 heterocycles. The molecule has 0 aliphatic heterocycles. The van der Waals surface area contributed by atoms with Crippen LogP contribution in [0.3, 0.4) is 0 Å². The van der Waals surface area contributed by atoms with Gasteiger partial charge in [0.25, 0.3) is 5.91 Å². The second kappa shape index (κ2) is 9.68. The van der Waals surface area contributed by atoms with E-state index in [1.807, 2.05) is 27.7 Å². The van der Waals surface area contributed by atoms with E-state index in [0.29, 0.717) is 24.9 Å². The molecule has 0 spiro atoms. The highest BCUT2D eigenvalue weighted by atomic mass is 32.2. The molecule has 7 nitrogen and oxygen atoms in total. The molecule has 8 heteroatoms. The van der Waals surface area contributed by atoms with Gasteiger partial charge in [0.2, 0.25) is 10.0 Å². The lowest BCUT2D eigenvalue weighted by atomic mass is 10.1. The number of amides is 1. The maximum atomic E-state index is 12.4. The molecule has 26 heavy (non-hydrogen) atoms. The molecule has 1 aromatic rings. The quantitative estimate of drug-likeness (QED) is 0.656. The maximum Gasteiger partial charge on any atom is 0.338 e. The van der Waals surface area contributed by atoms with Crippen molar-refractivity contribution < 1.29 is 22.7 Å². The average Bonchev–Trinajstić information content (AvgIpc) is 2.58. The molecule has 0 radical (unpaired) electrons. The van der Waals surface area contributed by atoms with E-state index < -0.39 is 16.0 Å². The van der Waals surface area contributed by atoms with Gasteiger partial charge >= 0.3 is 5.97 Å². The van der Waals surface area contributed by atoms with E-state index in [2.05, 4.69) is 4.72 Å². The van der Waals surface area contributed by atoms with Crippen molar-refractivity contribution in [3.05, 3.63) is 29.8 Å². The lowest BCUT2D eigenvalue weighted by Gasteiger charge is -2.26. The normalized spacial score (nSPS) is 11.7. The van der Waals surface area contributed by atoms with Gasteiger partial charge in [-0.3, -0.25) is 4.79 Å². The number of esters is 1. The Kier molecular flexibility index (Phi) is 8.23. The van der Waals surface area contributed by atoms with E-state index in [4.69, 9.17) is 4.74 Å². The molecular formula is C18H28N2O5S. The van der Waals surface area contributed by atoms with Crippen LogP contribution in [0, 0.1) is 11.8 Å². The van der Waals surface area contributed by atoms with Crippen LogP contribution in [0.4, 0.5) is 0 Å². The Morgan fingerprint density at radius 3 is 2.19 bits per heavy atom. The van der Waals surface area contributed by atoms with Crippen LogP contribution in [-0.2, 0) is 19.6 Å². The third-order valence-electron chi connectivity index (χ3n) is 3.50. The highest BCUT2D eigenvalue weighted by Crippen LogP contribution is 2.12. The van der Waals surface area contributed by atoms with Crippen molar-refractivity contribution in [3.8, 4) is 0 Å². The Morgan fingerprint density at radius 1 is 1.12 bits per heavy atom. The van der Waals surface area contributed by atoms with Gasteiger partial charge in [0.15, 0.2) is 6.61 Å². The van der Waals surface area contributed by atoms with Crippen LogP contribution in [0.1, 0.15) is 38.1 Å². The molecule has 0 saturated carbocycles. The van der Waals surface area contributed by atoms with Crippen LogP contribution in [0.2, 0.25) is 0 Å². The number of nitrogens with zero attached hydrogens (tertiary/aromatic N) is 1. The summed E-state index contributed by atoms with van der Waals surface area (Å²) in [6, 6.07) is 5.49. The van der Waals surface area contributed by atoms with Gasteiger partial charge in [-0.2, -0.15) is 0 Å². The Balaban J connectivity index is 2.79. The summed E-state index contributed by atoms with van der Waals surface area (Å²) < 4.78 is 30.9. The topological polar surface area (TPSA) is 92.8 Å². The first-order valence-electron chi connectivity index (χ1n) is 8.55. The van der Waals surface area contributed by atoms with Crippen molar-refractivity contribution in [1.29, 1.82) is 0 Å². The first kappa shape index (κ1) is 22.1. The van der Waals surface area contributed by atoms with Gasteiger partial charge < -0.3 is 9.64 Å². The van der Waals surface area contributed by atoms with Crippen LogP contribution in [0.15, 0.2) is 29.2 Å². The highest BCUT2D eigenvalue weighted by molar-refractivity contribution is 7.89. The minimum atomic E-state index is -3.66. The largest absolute Gasteiger partial charge is 0.452 e. The number of rotatable bonds is 9. The van der Waals surface area contributed by atoms with E-state index in [0.717, 1.165) is 0 Å². The molecule has 146 valence electrons. The Labute approximate surface area is 155 Å². The molecule has 0 bridgehead atoms. The van der Waals surface area contributed by atoms with Crippen LogP contribution in [-0.4, -0.2) is 51.9 Å². The first-order chi connectivity index (χ1) is 12.1. The molecule has 0 aromatic heterocycles. The number of hydrogen-bond donors (Lipinski definition) is 1. The number of hydrogen-bond acceptors (Lipinski definition) is 5. The monoisotopic (exact) mass is 384 g/mol. The van der Waals surface area contributed by atoms with Crippen molar-refractivity contribution >= 4 is 21.9 Å². The van der Waals surface area contributed by atoms with Crippen molar-refractivity contribution in [3.63, 3.8) is 0 Å². The summed E-state index contributed by atoms with van der Waals surface area (Å²) in [5.41, 5.74) is 0.0772. The fraction of sp³-hybridized carbons (Fsp3) is 0.556. The molecule has 0 fully saturated rings. The number of carbonyl (C=O) groups excluding carboxylic acids is 2. The van der Waals surface area contributed by atoms with E-state index >= 15 is 0 Å². The summed E-state index contributed by atoms with van der Waals surface area (Å²) in [4.78, 5) is 26.2. The summed E-state index contributed by atoms with van der Waals surface area (Å²) >= 11 is 0. The summed E-state index contributed by atoms with van der Waals surface area (Å²) in [5, 5.41) is 0. The number of carbonyl (C=O) groups is 2. The first-order valence-corrected chi connectivity index (χ1v) is 10.0. The number of ether oxygens (including phenoxy) is 1. The number of sulfonamides is 1. The molecular weight excluding hydrogens is 356 g/mol. The second-order valence-corrected chi connectivity index (χ2v) is 8.78. The van der Waals surface area contributed by atoms with E-state index in [1.165, 1.54) is 31.3 Å². The van der Waals surface area contributed by atoms with Crippen molar-refractivity contribution in [2.75, 3.05) is 26.7 Å². The predicted molar refractivity (Wildman–Crippen MR) is 99.2 cm³/mol. The molecule has 0 saturated heterocycles. The average molecular weight is 384 g/mol. The summed E-state index contributed by atoms with van der Waals surface area (Å²) in [5.74, 6) is -0.394. The summed E-state index contributed by atoms with van der Waals surface area (Å²) in [7, 11) is -2.37. The Bertz CT molecular complexity index is 719. The Morgan fingerprint density at radius 2 is 1.69 bits per heavy atom. The molecule has 0 atom stereocenters. The van der Waals surface area contributed by atoms with Crippen LogP contribution in [0.5, 0.6) is 0 Å². The predicted octanol–water partition coefficient (Wildman–Crippen LogP) is 1.89. The van der Waals surface area contributed by atoms with Gasteiger partial charge in [0.1, 0.15) is 0 Å². The van der Waals surface area contributed by atoms with Gasteiger partial charge in [0, 0.05) is 13.1 Å². The fourth-order valence-electron chi connectivity index (χ4n) is 2.37. The second-order valence-electron chi connectivity index (χ2n) is 6.90. The van der Waals surface area contributed by atoms with Crippen molar-refractivity contribution in [2.24, 2.45) is 11.8 Å². The maximum absolute atomic E-state index is 12.4. The van der Waals surface area contributed by atoms with Crippen LogP contribution in [0.25, 0.3) is 0 Å². The third kappa shape index (κ3) is 6.76. The van der Waals surface area contributed by atoms with Crippen molar-refractivity contribution in [1.82, 2.24) is 9.62 Å². The van der Waals surface area contributed by atoms with Gasteiger partial charge in [-0.25, -0.2) is 17.9 Å². The van der Waals surface area contributed by atoms with E-state index in [9.17, 15) is 18.0 Å². The zero-order valence-electron chi connectivity index (χ0n) is 16.0. The molecule has 0 aliphatic rings. The van der Waals surface area contributed by atoms with Gasteiger partial charge in [-0.05, 0) is 37.1 Å². The van der Waals surface area contributed by atoms with Gasteiger partial charge in [-0.15, -0.1) is 0 Å². The highest BCUT2D eigenvalue weighted by Gasteiger charge is 2.19. The lowest BCUT2D eigenvalue weighted by molar-refractivity contribution is -0.135. The number of nitrogens with one attached hydrogen (secondary N) is 1. The minimum Gasteiger partial charge on any atom is -0.452 e. The summed E-state index contributed by atoms with van der Waals surface area (Å²) in [6.07, 6.45) is 0. The molecule has 1 rings (SSSR count). The van der Waals surface area contributed by atoms with Gasteiger partial charge in [-0.1, -0.05) is 33.8 Å². The molecule has 1 N–H and O–H groups in total. The van der Waals surface area contributed by atoms with Gasteiger partial charge in [0.05, 0.1) is 10.5 Å². The lowest BCUT2D eigenvalue weighted by Crippen LogP contribution is -2.39. The third-order valence-corrected chi connectivity index (χ3v) is 4.91. The standard InChI is InChI=1S/C18H28N2O5S/c1-13(2)10-20(11-14(3)4)17(21)12-25-18(22)15-7-6-8-16(9-15)26(23,24)19-5/h6-9,13-14,19H,10-12H2,1-5H3. The molecule has 1 amide bonds. The fourth-order valence-corrected chi connectivity index (χ4v) is 3.15. The minimum absolute atomic E-state index is 0.0398. The van der Waals surface area contributed by atoms with E-state index in [-0.39, 0.29) is 23.0 Å². The van der Waals surface area contributed by atoms with E-state index in [1.54, 1.807) is 4.90 Å². The van der Waals surface area contributed by atoms with Crippen LogP contribution >= 0.6 is 0 Å². The molecule has 0 aliphatic carbocycles. The number of benzene rings is 1. The van der Waals surface area contributed by atoms with Crippen LogP contribution < -0.4 is 4.72 Å². The smallest absolute Gasteiger partial charge is 0.338 e.